The van der Waals surface area contributed by atoms with E-state index in [1.165, 1.54) is 5.69 Å². The van der Waals surface area contributed by atoms with Crippen LogP contribution in [-0.2, 0) is 4.74 Å². The summed E-state index contributed by atoms with van der Waals surface area (Å²) in [4.78, 5) is 8.14. The van der Waals surface area contributed by atoms with Gasteiger partial charge in [-0.1, -0.05) is 13.8 Å². The maximum absolute atomic E-state index is 5.41. The van der Waals surface area contributed by atoms with E-state index in [-0.39, 0.29) is 0 Å². The van der Waals surface area contributed by atoms with Gasteiger partial charge in [-0.05, 0) is 25.8 Å². The molecule has 1 aliphatic rings. The molecular formula is C14H25N3O. The second kappa shape index (κ2) is 6.34. The molecule has 0 aromatic carbocycles. The van der Waals surface area contributed by atoms with Crippen LogP contribution >= 0.6 is 0 Å². The first-order valence-corrected chi connectivity index (χ1v) is 6.99. The number of rotatable bonds is 5. The number of hydrogen-bond donors (Lipinski definition) is 2. The summed E-state index contributed by atoms with van der Waals surface area (Å²) in [6, 6.07) is 0. The van der Waals surface area contributed by atoms with E-state index in [1.807, 2.05) is 13.2 Å². The molecule has 0 amide bonds. The molecule has 102 valence electrons. The third-order valence-electron chi connectivity index (χ3n) is 3.86. The highest BCUT2D eigenvalue weighted by molar-refractivity contribution is 5.11. The number of imidazole rings is 1. The lowest BCUT2D eigenvalue weighted by atomic mass is 9.95. The number of nitrogens with zero attached hydrogens (tertiary/aromatic N) is 1. The van der Waals surface area contributed by atoms with E-state index >= 15 is 0 Å². The third-order valence-corrected chi connectivity index (χ3v) is 3.86. The normalized spacial score (nSPS) is 19.3. The summed E-state index contributed by atoms with van der Waals surface area (Å²) in [7, 11) is 2.00. The molecular weight excluding hydrogens is 226 g/mol. The van der Waals surface area contributed by atoms with Crippen molar-refractivity contribution in [3.05, 3.63) is 17.7 Å². The second-order valence-electron chi connectivity index (χ2n) is 5.52. The van der Waals surface area contributed by atoms with E-state index < -0.39 is 0 Å². The summed E-state index contributed by atoms with van der Waals surface area (Å²) < 4.78 is 5.41. The average molecular weight is 251 g/mol. The molecule has 0 aliphatic carbocycles. The molecule has 2 heterocycles. The van der Waals surface area contributed by atoms with Crippen LogP contribution in [0.25, 0.3) is 0 Å². The van der Waals surface area contributed by atoms with E-state index in [0.29, 0.717) is 17.8 Å². The molecule has 1 aromatic heterocycles. The summed E-state index contributed by atoms with van der Waals surface area (Å²) in [5.41, 5.74) is 1.29. The van der Waals surface area contributed by atoms with Crippen molar-refractivity contribution in [3.63, 3.8) is 0 Å². The fourth-order valence-corrected chi connectivity index (χ4v) is 2.62. The highest BCUT2D eigenvalue weighted by Gasteiger charge is 2.22. The molecule has 1 aromatic rings. The number of ether oxygens (including phenoxy) is 1. The van der Waals surface area contributed by atoms with E-state index in [2.05, 4.69) is 29.1 Å². The summed E-state index contributed by atoms with van der Waals surface area (Å²) in [5.74, 6) is 2.78. The van der Waals surface area contributed by atoms with Gasteiger partial charge < -0.3 is 15.0 Å². The lowest BCUT2D eigenvalue weighted by molar-refractivity contribution is 0.0845. The first-order valence-electron chi connectivity index (χ1n) is 6.99. The largest absolute Gasteiger partial charge is 0.381 e. The van der Waals surface area contributed by atoms with Gasteiger partial charge in [0.2, 0.25) is 0 Å². The number of nitrogens with one attached hydrogen (secondary N) is 2. The van der Waals surface area contributed by atoms with Crippen LogP contribution in [0.5, 0.6) is 0 Å². The van der Waals surface area contributed by atoms with Crippen LogP contribution in [0.1, 0.15) is 50.0 Å². The van der Waals surface area contributed by atoms with Crippen molar-refractivity contribution in [2.45, 2.75) is 38.5 Å². The molecule has 0 saturated carbocycles. The molecule has 2 rings (SSSR count). The zero-order valence-corrected chi connectivity index (χ0v) is 11.7. The topological polar surface area (TPSA) is 49.9 Å². The Balaban J connectivity index is 2.07. The number of likely N-dealkylation sites (N-methyl/N-ethyl adjacent to an activating group) is 1. The van der Waals surface area contributed by atoms with Gasteiger partial charge in [-0.25, -0.2) is 4.98 Å². The molecule has 4 heteroatoms. The van der Waals surface area contributed by atoms with Crippen LogP contribution < -0.4 is 5.32 Å². The van der Waals surface area contributed by atoms with E-state index in [9.17, 15) is 0 Å². The molecule has 1 saturated heterocycles. The molecule has 2 N–H and O–H groups in total. The summed E-state index contributed by atoms with van der Waals surface area (Å²) in [6.07, 6.45) is 4.25. The predicted octanol–water partition coefficient (Wildman–Crippen LogP) is 2.26. The zero-order chi connectivity index (χ0) is 13.0. The van der Waals surface area contributed by atoms with Gasteiger partial charge in [-0.3, -0.25) is 0 Å². The Hall–Kier alpha value is -0.870. The zero-order valence-electron chi connectivity index (χ0n) is 11.7. The molecule has 0 bridgehead atoms. The maximum Gasteiger partial charge on any atom is 0.110 e. The van der Waals surface area contributed by atoms with Crippen molar-refractivity contribution >= 4 is 0 Å². The smallest absolute Gasteiger partial charge is 0.110 e. The van der Waals surface area contributed by atoms with Gasteiger partial charge in [-0.15, -0.1) is 0 Å². The standard InChI is InChI=1S/C14H25N3O/c1-10(2)12(8-15-3)14-16-9-13(17-14)11-4-6-18-7-5-11/h9-12,15H,4-8H2,1-3H3,(H,16,17). The van der Waals surface area contributed by atoms with Crippen LogP contribution in [0.15, 0.2) is 6.20 Å². The van der Waals surface area contributed by atoms with Crippen molar-refractivity contribution in [2.75, 3.05) is 26.8 Å². The number of hydrogen-bond acceptors (Lipinski definition) is 3. The molecule has 18 heavy (non-hydrogen) atoms. The van der Waals surface area contributed by atoms with Gasteiger partial charge in [0.1, 0.15) is 5.82 Å². The minimum atomic E-state index is 0.462. The van der Waals surface area contributed by atoms with E-state index in [4.69, 9.17) is 4.74 Å². The number of aromatic nitrogens is 2. The predicted molar refractivity (Wildman–Crippen MR) is 72.9 cm³/mol. The van der Waals surface area contributed by atoms with Crippen molar-refractivity contribution < 1.29 is 4.74 Å². The Morgan fingerprint density at radius 3 is 2.78 bits per heavy atom. The van der Waals surface area contributed by atoms with Crippen LogP contribution in [0, 0.1) is 5.92 Å². The molecule has 1 unspecified atom stereocenters. The molecule has 1 fully saturated rings. The summed E-state index contributed by atoms with van der Waals surface area (Å²) >= 11 is 0. The van der Waals surface area contributed by atoms with Gasteiger partial charge in [0, 0.05) is 43.5 Å². The quantitative estimate of drug-likeness (QED) is 0.844. The van der Waals surface area contributed by atoms with Gasteiger partial charge in [0.05, 0.1) is 0 Å². The Morgan fingerprint density at radius 1 is 1.44 bits per heavy atom. The van der Waals surface area contributed by atoms with Crippen molar-refractivity contribution in [2.24, 2.45) is 5.92 Å². The SMILES string of the molecule is CNCC(c1ncc(C2CCOCC2)[nH]1)C(C)C. The maximum atomic E-state index is 5.41. The fraction of sp³-hybridized carbons (Fsp3) is 0.786. The lowest BCUT2D eigenvalue weighted by Gasteiger charge is -2.21. The minimum absolute atomic E-state index is 0.462. The molecule has 4 nitrogen and oxygen atoms in total. The van der Waals surface area contributed by atoms with Crippen LogP contribution in [0.2, 0.25) is 0 Å². The highest BCUT2D eigenvalue weighted by atomic mass is 16.5. The molecule has 0 spiro atoms. The first kappa shape index (κ1) is 13.6. The van der Waals surface area contributed by atoms with Gasteiger partial charge in [0.15, 0.2) is 0 Å². The minimum Gasteiger partial charge on any atom is -0.381 e. The monoisotopic (exact) mass is 251 g/mol. The average Bonchev–Trinajstić information content (AvgIpc) is 2.86. The number of H-pyrrole nitrogens is 1. The Bertz CT molecular complexity index is 356. The van der Waals surface area contributed by atoms with Crippen molar-refractivity contribution in [3.8, 4) is 0 Å². The third kappa shape index (κ3) is 3.12. The molecule has 1 atom stereocenters. The van der Waals surface area contributed by atoms with E-state index in [0.717, 1.165) is 38.4 Å². The molecule has 1 aliphatic heterocycles. The number of aromatic amines is 1. The van der Waals surface area contributed by atoms with Crippen LogP contribution in [-0.4, -0.2) is 36.8 Å². The Kier molecular flexibility index (Phi) is 4.78. The lowest BCUT2D eigenvalue weighted by Crippen LogP contribution is -2.22. The Labute approximate surface area is 110 Å². The van der Waals surface area contributed by atoms with E-state index in [1.54, 1.807) is 0 Å². The fourth-order valence-electron chi connectivity index (χ4n) is 2.62. The second-order valence-corrected chi connectivity index (χ2v) is 5.52. The van der Waals surface area contributed by atoms with Crippen LogP contribution in [0.4, 0.5) is 0 Å². The van der Waals surface area contributed by atoms with Crippen molar-refractivity contribution in [1.29, 1.82) is 0 Å². The molecule has 0 radical (unpaired) electrons. The van der Waals surface area contributed by atoms with Gasteiger partial charge in [0.25, 0.3) is 0 Å². The van der Waals surface area contributed by atoms with Crippen LogP contribution in [0.3, 0.4) is 0 Å². The highest BCUT2D eigenvalue weighted by Crippen LogP contribution is 2.28. The first-order chi connectivity index (χ1) is 8.72. The van der Waals surface area contributed by atoms with Crippen molar-refractivity contribution in [1.82, 2.24) is 15.3 Å². The summed E-state index contributed by atoms with van der Waals surface area (Å²) in [5, 5.41) is 3.26. The van der Waals surface area contributed by atoms with Gasteiger partial charge in [-0.2, -0.15) is 0 Å². The summed E-state index contributed by atoms with van der Waals surface area (Å²) in [6.45, 7) is 7.22. The van der Waals surface area contributed by atoms with Gasteiger partial charge >= 0.3 is 0 Å². The Morgan fingerprint density at radius 2 is 2.17 bits per heavy atom.